The Labute approximate surface area is 187 Å². The van der Waals surface area contributed by atoms with E-state index < -0.39 is 18.0 Å². The average Bonchev–Trinajstić information content (AvgIpc) is 2.76. The monoisotopic (exact) mass is 436 g/mol. The van der Waals surface area contributed by atoms with Crippen LogP contribution in [-0.2, 0) is 9.53 Å². The normalized spacial score (nSPS) is 15.8. The lowest BCUT2D eigenvalue weighted by atomic mass is 9.94. The summed E-state index contributed by atoms with van der Waals surface area (Å²) >= 11 is 0. The van der Waals surface area contributed by atoms with Gasteiger partial charge in [0.25, 0.3) is 0 Å². The van der Waals surface area contributed by atoms with Gasteiger partial charge in [-0.15, -0.1) is 0 Å². The summed E-state index contributed by atoms with van der Waals surface area (Å²) in [5.74, 6) is -0.510. The van der Waals surface area contributed by atoms with E-state index in [0.717, 1.165) is 12.0 Å². The summed E-state index contributed by atoms with van der Waals surface area (Å²) in [6.45, 7) is 6.14. The summed E-state index contributed by atoms with van der Waals surface area (Å²) in [4.78, 5) is 39.2. The molecule has 168 valence electrons. The van der Waals surface area contributed by atoms with Crippen molar-refractivity contribution in [1.82, 2.24) is 10.2 Å². The highest BCUT2D eigenvalue weighted by Gasteiger charge is 2.35. The Kier molecular flexibility index (Phi) is 7.14. The van der Waals surface area contributed by atoms with E-state index in [2.05, 4.69) is 16.0 Å². The maximum Gasteiger partial charge on any atom is 0.337 e. The Morgan fingerprint density at radius 1 is 1.06 bits per heavy atom. The number of hydrogen-bond acceptors (Lipinski definition) is 4. The average molecular weight is 437 g/mol. The zero-order valence-electron chi connectivity index (χ0n) is 18.7. The second kappa shape index (κ2) is 10.00. The number of urea groups is 2. The molecule has 1 aliphatic rings. The van der Waals surface area contributed by atoms with E-state index in [9.17, 15) is 14.4 Å². The molecule has 0 aromatic heterocycles. The van der Waals surface area contributed by atoms with E-state index >= 15 is 0 Å². The number of hydrogen-bond donors (Lipinski definition) is 3. The fourth-order valence-corrected chi connectivity index (χ4v) is 3.71. The molecule has 0 bridgehead atoms. The van der Waals surface area contributed by atoms with Crippen molar-refractivity contribution in [3.05, 3.63) is 70.9 Å². The van der Waals surface area contributed by atoms with E-state index in [0.29, 0.717) is 34.8 Å². The predicted octanol–water partition coefficient (Wildman–Crippen LogP) is 4.56. The third-order valence-corrected chi connectivity index (χ3v) is 5.20. The van der Waals surface area contributed by atoms with Crippen molar-refractivity contribution >= 4 is 29.4 Å². The largest absolute Gasteiger partial charge is 0.466 e. The number of rotatable bonds is 6. The number of esters is 1. The molecule has 0 fully saturated rings. The minimum atomic E-state index is -0.690. The molecule has 0 saturated heterocycles. The first-order valence-electron chi connectivity index (χ1n) is 10.5. The summed E-state index contributed by atoms with van der Waals surface area (Å²) < 4.78 is 4.99. The van der Waals surface area contributed by atoms with Crippen molar-refractivity contribution < 1.29 is 19.1 Å². The minimum absolute atomic E-state index is 0.280. The molecule has 1 unspecified atom stereocenters. The van der Waals surface area contributed by atoms with Crippen LogP contribution in [0.5, 0.6) is 0 Å². The maximum atomic E-state index is 12.7. The second-order valence-electron chi connectivity index (χ2n) is 7.60. The van der Waals surface area contributed by atoms with Gasteiger partial charge in [0.15, 0.2) is 0 Å². The number of nitrogens with zero attached hydrogens (tertiary/aromatic N) is 1. The number of anilines is 2. The van der Waals surface area contributed by atoms with Gasteiger partial charge in [0, 0.05) is 23.6 Å². The van der Waals surface area contributed by atoms with Gasteiger partial charge in [-0.05, 0) is 55.7 Å². The van der Waals surface area contributed by atoms with Crippen molar-refractivity contribution in [3.8, 4) is 0 Å². The molecular formula is C24H28N4O4. The standard InChI is InChI=1S/C24H28N4O4/c1-5-12-28-16(3)20(22(29)32-4)21(27-24(28)31)17-9-7-11-19(14-17)26-23(30)25-18-10-6-8-15(2)13-18/h6-11,13-14,21H,5,12H2,1-4H3,(H,27,31)(H2,25,26,30). The van der Waals surface area contributed by atoms with E-state index in [1.807, 2.05) is 32.0 Å². The van der Waals surface area contributed by atoms with E-state index in [1.54, 1.807) is 42.2 Å². The highest BCUT2D eigenvalue weighted by Crippen LogP contribution is 2.32. The zero-order chi connectivity index (χ0) is 23.3. The van der Waals surface area contributed by atoms with Crippen LogP contribution >= 0.6 is 0 Å². The van der Waals surface area contributed by atoms with E-state index in [4.69, 9.17) is 4.74 Å². The number of ether oxygens (including phenoxy) is 1. The van der Waals surface area contributed by atoms with Crippen molar-refractivity contribution in [2.24, 2.45) is 0 Å². The summed E-state index contributed by atoms with van der Waals surface area (Å²) in [5, 5.41) is 8.47. The summed E-state index contributed by atoms with van der Waals surface area (Å²) in [5.41, 5.74) is 3.82. The van der Waals surface area contributed by atoms with Crippen LogP contribution in [0.25, 0.3) is 0 Å². The van der Waals surface area contributed by atoms with Crippen LogP contribution in [0.2, 0.25) is 0 Å². The smallest absolute Gasteiger partial charge is 0.337 e. The number of allylic oxidation sites excluding steroid dienone is 1. The van der Waals surface area contributed by atoms with Gasteiger partial charge in [0.05, 0.1) is 18.7 Å². The first kappa shape index (κ1) is 22.9. The zero-order valence-corrected chi connectivity index (χ0v) is 18.7. The van der Waals surface area contributed by atoms with Crippen molar-refractivity contribution in [1.29, 1.82) is 0 Å². The van der Waals surface area contributed by atoms with Gasteiger partial charge in [0.1, 0.15) is 0 Å². The molecule has 0 spiro atoms. The molecule has 1 heterocycles. The topological polar surface area (TPSA) is 99.8 Å². The molecule has 32 heavy (non-hydrogen) atoms. The highest BCUT2D eigenvalue weighted by molar-refractivity contribution is 6.00. The molecule has 3 rings (SSSR count). The van der Waals surface area contributed by atoms with Gasteiger partial charge in [0.2, 0.25) is 0 Å². The SMILES string of the molecule is CCCN1C(=O)NC(c2cccc(NC(=O)Nc3cccc(C)c3)c2)C(C(=O)OC)=C1C. The van der Waals surface area contributed by atoms with Crippen molar-refractivity contribution in [2.75, 3.05) is 24.3 Å². The lowest BCUT2D eigenvalue weighted by Crippen LogP contribution is -2.48. The van der Waals surface area contributed by atoms with Crippen LogP contribution in [0.15, 0.2) is 59.8 Å². The van der Waals surface area contributed by atoms with Gasteiger partial charge in [-0.3, -0.25) is 4.90 Å². The number of carbonyl (C=O) groups excluding carboxylic acids is 3. The van der Waals surface area contributed by atoms with E-state index in [1.165, 1.54) is 7.11 Å². The van der Waals surface area contributed by atoms with Crippen molar-refractivity contribution in [2.45, 2.75) is 33.2 Å². The van der Waals surface area contributed by atoms with Gasteiger partial charge >= 0.3 is 18.0 Å². The van der Waals surface area contributed by atoms with Crippen LogP contribution in [-0.4, -0.2) is 36.6 Å². The molecule has 1 aliphatic heterocycles. The Morgan fingerprint density at radius 3 is 2.34 bits per heavy atom. The number of benzene rings is 2. The molecule has 0 saturated carbocycles. The maximum absolute atomic E-state index is 12.7. The number of carbonyl (C=O) groups is 3. The molecule has 1 atom stereocenters. The van der Waals surface area contributed by atoms with Gasteiger partial charge in [-0.2, -0.15) is 0 Å². The van der Waals surface area contributed by atoms with Gasteiger partial charge in [-0.25, -0.2) is 14.4 Å². The Bertz CT molecular complexity index is 1060. The molecule has 4 amide bonds. The number of methoxy groups -OCH3 is 1. The molecule has 0 radical (unpaired) electrons. The number of nitrogens with one attached hydrogen (secondary N) is 3. The second-order valence-corrected chi connectivity index (χ2v) is 7.60. The Balaban J connectivity index is 1.86. The van der Waals surface area contributed by atoms with Gasteiger partial charge < -0.3 is 20.7 Å². The molecule has 3 N–H and O–H groups in total. The third kappa shape index (κ3) is 5.08. The predicted molar refractivity (Wildman–Crippen MR) is 123 cm³/mol. The number of amides is 4. The van der Waals surface area contributed by atoms with Crippen LogP contribution in [0.4, 0.5) is 21.0 Å². The summed E-state index contributed by atoms with van der Waals surface area (Å²) in [7, 11) is 1.31. The Morgan fingerprint density at radius 2 is 1.72 bits per heavy atom. The molecule has 8 nitrogen and oxygen atoms in total. The number of aryl methyl sites for hydroxylation is 1. The summed E-state index contributed by atoms with van der Waals surface area (Å²) in [6.07, 6.45) is 0.749. The fraction of sp³-hybridized carbons (Fsp3) is 0.292. The van der Waals surface area contributed by atoms with Crippen molar-refractivity contribution in [3.63, 3.8) is 0 Å². The van der Waals surface area contributed by atoms with Gasteiger partial charge in [-0.1, -0.05) is 31.2 Å². The molecular weight excluding hydrogens is 408 g/mol. The van der Waals surface area contributed by atoms with Crippen LogP contribution in [0.3, 0.4) is 0 Å². The molecule has 8 heteroatoms. The molecule has 0 aliphatic carbocycles. The third-order valence-electron chi connectivity index (χ3n) is 5.20. The first-order valence-corrected chi connectivity index (χ1v) is 10.5. The lowest BCUT2D eigenvalue weighted by Gasteiger charge is -2.35. The quantitative estimate of drug-likeness (QED) is 0.578. The minimum Gasteiger partial charge on any atom is -0.466 e. The molecule has 2 aromatic rings. The first-order chi connectivity index (χ1) is 15.3. The fourth-order valence-electron chi connectivity index (χ4n) is 3.71. The Hall–Kier alpha value is -3.81. The van der Waals surface area contributed by atoms with Crippen LogP contribution in [0, 0.1) is 6.92 Å². The highest BCUT2D eigenvalue weighted by atomic mass is 16.5. The van der Waals surface area contributed by atoms with E-state index in [-0.39, 0.29) is 6.03 Å². The molecule has 2 aromatic carbocycles. The summed E-state index contributed by atoms with van der Waals surface area (Å²) in [6, 6.07) is 13.1. The lowest BCUT2D eigenvalue weighted by molar-refractivity contribution is -0.136. The van der Waals surface area contributed by atoms with Crippen LogP contribution in [0.1, 0.15) is 37.4 Å². The van der Waals surface area contributed by atoms with Crippen LogP contribution < -0.4 is 16.0 Å².